The van der Waals surface area contributed by atoms with Crippen LogP contribution in [-0.4, -0.2) is 35.3 Å². The number of amides is 1. The van der Waals surface area contributed by atoms with Gasteiger partial charge in [-0.15, -0.1) is 0 Å². The molecule has 5 heteroatoms. The van der Waals surface area contributed by atoms with Gasteiger partial charge in [0.2, 0.25) is 5.91 Å². The summed E-state index contributed by atoms with van der Waals surface area (Å²) in [6.07, 6.45) is -2.86. The molecule has 0 saturated carbocycles. The standard InChI is InChI=1S/C13H20N2O3/c1-3-15(4-2)10-7-5-9(6-8-10)11(16)12(17)13(14)18/h5-8,11-12,16-17H,3-4H2,1-2H3,(H2,14,18). The first kappa shape index (κ1) is 14.5. The topological polar surface area (TPSA) is 86.8 Å². The quantitative estimate of drug-likeness (QED) is 0.684. The third-order valence-corrected chi connectivity index (χ3v) is 2.95. The van der Waals surface area contributed by atoms with Crippen molar-refractivity contribution in [2.45, 2.75) is 26.1 Å². The summed E-state index contributed by atoms with van der Waals surface area (Å²) in [6.45, 7) is 5.90. The van der Waals surface area contributed by atoms with E-state index in [-0.39, 0.29) is 0 Å². The van der Waals surface area contributed by atoms with Crippen LogP contribution in [-0.2, 0) is 4.79 Å². The monoisotopic (exact) mass is 252 g/mol. The van der Waals surface area contributed by atoms with Crippen LogP contribution >= 0.6 is 0 Å². The molecule has 0 aliphatic carbocycles. The van der Waals surface area contributed by atoms with Crippen molar-refractivity contribution in [2.75, 3.05) is 18.0 Å². The zero-order chi connectivity index (χ0) is 13.7. The lowest BCUT2D eigenvalue weighted by atomic mass is 10.0. The second-order valence-electron chi connectivity index (χ2n) is 4.06. The van der Waals surface area contributed by atoms with E-state index >= 15 is 0 Å². The molecule has 2 unspecified atom stereocenters. The van der Waals surface area contributed by atoms with Crippen LogP contribution in [0.1, 0.15) is 25.5 Å². The Kier molecular flexibility index (Phi) is 5.12. The molecule has 2 atom stereocenters. The average Bonchev–Trinajstić information content (AvgIpc) is 2.39. The lowest BCUT2D eigenvalue weighted by Crippen LogP contribution is -2.33. The highest BCUT2D eigenvalue weighted by molar-refractivity contribution is 5.79. The van der Waals surface area contributed by atoms with Crippen molar-refractivity contribution in [1.82, 2.24) is 0 Å². The van der Waals surface area contributed by atoms with Gasteiger partial charge in [-0.2, -0.15) is 0 Å². The van der Waals surface area contributed by atoms with Crippen LogP contribution in [0.5, 0.6) is 0 Å². The van der Waals surface area contributed by atoms with Crippen molar-refractivity contribution >= 4 is 11.6 Å². The Hall–Kier alpha value is -1.59. The van der Waals surface area contributed by atoms with E-state index in [1.54, 1.807) is 12.1 Å². The number of benzene rings is 1. The molecule has 1 amide bonds. The minimum absolute atomic E-state index is 0.470. The Morgan fingerprint density at radius 1 is 1.22 bits per heavy atom. The summed E-state index contributed by atoms with van der Waals surface area (Å²) in [6, 6.07) is 7.06. The normalized spacial score (nSPS) is 14.0. The van der Waals surface area contributed by atoms with Crippen molar-refractivity contribution in [3.8, 4) is 0 Å². The molecule has 0 aliphatic rings. The van der Waals surface area contributed by atoms with Crippen LogP contribution in [0, 0.1) is 0 Å². The first-order chi connectivity index (χ1) is 8.51. The Morgan fingerprint density at radius 2 is 1.72 bits per heavy atom. The van der Waals surface area contributed by atoms with Gasteiger partial charge in [0.15, 0.2) is 6.10 Å². The molecule has 0 fully saturated rings. The molecular formula is C13H20N2O3. The molecule has 100 valence electrons. The number of nitrogens with two attached hydrogens (primary N) is 1. The number of carbonyl (C=O) groups excluding carboxylic acids is 1. The largest absolute Gasteiger partial charge is 0.385 e. The van der Waals surface area contributed by atoms with E-state index in [0.29, 0.717) is 5.56 Å². The SMILES string of the molecule is CCN(CC)c1ccc(C(O)C(O)C(N)=O)cc1. The average molecular weight is 252 g/mol. The van der Waals surface area contributed by atoms with Gasteiger partial charge in [0.05, 0.1) is 0 Å². The molecule has 1 aromatic carbocycles. The molecule has 4 N–H and O–H groups in total. The number of aliphatic hydroxyl groups is 2. The van der Waals surface area contributed by atoms with Gasteiger partial charge >= 0.3 is 0 Å². The molecule has 1 aromatic rings. The summed E-state index contributed by atoms with van der Waals surface area (Å²) in [5.41, 5.74) is 6.44. The molecule has 0 saturated heterocycles. The van der Waals surface area contributed by atoms with Crippen LogP contribution in [0.25, 0.3) is 0 Å². The molecule has 0 heterocycles. The first-order valence-corrected chi connectivity index (χ1v) is 6.01. The van der Waals surface area contributed by atoms with E-state index in [1.165, 1.54) is 0 Å². The minimum atomic E-state index is -1.58. The van der Waals surface area contributed by atoms with Crippen LogP contribution in [0.4, 0.5) is 5.69 Å². The Morgan fingerprint density at radius 3 is 2.11 bits per heavy atom. The Bertz CT molecular complexity index is 388. The Labute approximate surface area is 107 Å². The molecule has 5 nitrogen and oxygen atoms in total. The molecule has 1 rings (SSSR count). The van der Waals surface area contributed by atoms with Gasteiger partial charge in [-0.25, -0.2) is 0 Å². The van der Waals surface area contributed by atoms with E-state index in [4.69, 9.17) is 5.73 Å². The van der Waals surface area contributed by atoms with Gasteiger partial charge in [0, 0.05) is 18.8 Å². The predicted molar refractivity (Wildman–Crippen MR) is 70.2 cm³/mol. The fourth-order valence-corrected chi connectivity index (χ4v) is 1.81. The molecule has 0 spiro atoms. The number of nitrogens with zero attached hydrogens (tertiary/aromatic N) is 1. The number of aliphatic hydroxyl groups excluding tert-OH is 2. The number of primary amides is 1. The maximum atomic E-state index is 10.8. The van der Waals surface area contributed by atoms with Gasteiger partial charge < -0.3 is 20.8 Å². The maximum absolute atomic E-state index is 10.8. The number of anilines is 1. The summed E-state index contributed by atoms with van der Waals surface area (Å²) in [4.78, 5) is 12.9. The Balaban J connectivity index is 2.85. The molecular weight excluding hydrogens is 232 g/mol. The molecule has 0 bridgehead atoms. The van der Waals surface area contributed by atoms with Crippen molar-refractivity contribution < 1.29 is 15.0 Å². The minimum Gasteiger partial charge on any atom is -0.385 e. The first-order valence-electron chi connectivity index (χ1n) is 6.01. The van der Waals surface area contributed by atoms with Crippen LogP contribution in [0.2, 0.25) is 0 Å². The number of hydrogen-bond acceptors (Lipinski definition) is 4. The van der Waals surface area contributed by atoms with Crippen LogP contribution in [0.3, 0.4) is 0 Å². The second kappa shape index (κ2) is 6.37. The summed E-state index contributed by atoms with van der Waals surface area (Å²) in [5, 5.41) is 19.1. The van der Waals surface area contributed by atoms with E-state index < -0.39 is 18.1 Å². The van der Waals surface area contributed by atoms with E-state index in [2.05, 4.69) is 18.7 Å². The van der Waals surface area contributed by atoms with Gasteiger partial charge in [0.1, 0.15) is 6.10 Å². The third kappa shape index (κ3) is 3.21. The fraction of sp³-hybridized carbons (Fsp3) is 0.462. The fourth-order valence-electron chi connectivity index (χ4n) is 1.81. The van der Waals surface area contributed by atoms with Crippen molar-refractivity contribution in [3.05, 3.63) is 29.8 Å². The zero-order valence-electron chi connectivity index (χ0n) is 10.7. The zero-order valence-corrected chi connectivity index (χ0v) is 10.7. The van der Waals surface area contributed by atoms with Crippen molar-refractivity contribution in [2.24, 2.45) is 5.73 Å². The summed E-state index contributed by atoms with van der Waals surface area (Å²) >= 11 is 0. The third-order valence-electron chi connectivity index (χ3n) is 2.95. The number of hydrogen-bond donors (Lipinski definition) is 3. The molecule has 18 heavy (non-hydrogen) atoms. The van der Waals surface area contributed by atoms with E-state index in [9.17, 15) is 15.0 Å². The molecule has 0 aromatic heterocycles. The second-order valence-corrected chi connectivity index (χ2v) is 4.06. The number of carbonyl (C=O) groups is 1. The highest BCUT2D eigenvalue weighted by Gasteiger charge is 2.23. The molecule has 0 aliphatic heterocycles. The van der Waals surface area contributed by atoms with Gasteiger partial charge in [-0.3, -0.25) is 4.79 Å². The van der Waals surface area contributed by atoms with E-state index in [0.717, 1.165) is 18.8 Å². The number of rotatable bonds is 6. The smallest absolute Gasteiger partial charge is 0.249 e. The van der Waals surface area contributed by atoms with Crippen LogP contribution < -0.4 is 10.6 Å². The van der Waals surface area contributed by atoms with Gasteiger partial charge in [-0.1, -0.05) is 12.1 Å². The van der Waals surface area contributed by atoms with Crippen LogP contribution in [0.15, 0.2) is 24.3 Å². The molecule has 0 radical (unpaired) electrons. The van der Waals surface area contributed by atoms with E-state index in [1.807, 2.05) is 12.1 Å². The highest BCUT2D eigenvalue weighted by Crippen LogP contribution is 2.21. The van der Waals surface area contributed by atoms with Gasteiger partial charge in [0.25, 0.3) is 0 Å². The summed E-state index contributed by atoms with van der Waals surface area (Å²) in [7, 11) is 0. The predicted octanol–water partition coefficient (Wildman–Crippen LogP) is 0.412. The summed E-state index contributed by atoms with van der Waals surface area (Å²) in [5.74, 6) is -0.935. The van der Waals surface area contributed by atoms with Crippen molar-refractivity contribution in [3.63, 3.8) is 0 Å². The maximum Gasteiger partial charge on any atom is 0.249 e. The lowest BCUT2D eigenvalue weighted by Gasteiger charge is -2.22. The van der Waals surface area contributed by atoms with Crippen molar-refractivity contribution in [1.29, 1.82) is 0 Å². The highest BCUT2D eigenvalue weighted by atomic mass is 16.3. The lowest BCUT2D eigenvalue weighted by molar-refractivity contribution is -0.131. The summed E-state index contributed by atoms with van der Waals surface area (Å²) < 4.78 is 0. The van der Waals surface area contributed by atoms with Gasteiger partial charge in [-0.05, 0) is 31.5 Å².